The second-order valence-corrected chi connectivity index (χ2v) is 8.39. The highest BCUT2D eigenvalue weighted by Gasteiger charge is 2.68. The summed E-state index contributed by atoms with van der Waals surface area (Å²) in [5.74, 6) is 0.981. The Balaban J connectivity index is 1.32. The first-order valence-corrected chi connectivity index (χ1v) is 10.1. The van der Waals surface area contributed by atoms with Crippen LogP contribution < -0.4 is 4.74 Å². The van der Waals surface area contributed by atoms with E-state index in [1.54, 1.807) is 6.07 Å². The molecule has 5 heteroatoms. The fourth-order valence-electron chi connectivity index (χ4n) is 5.68. The minimum Gasteiger partial charge on any atom is -0.472 e. The van der Waals surface area contributed by atoms with E-state index in [-0.39, 0.29) is 11.9 Å². The average molecular weight is 375 g/mol. The van der Waals surface area contributed by atoms with E-state index in [9.17, 15) is 4.39 Å². The van der Waals surface area contributed by atoms with Gasteiger partial charge >= 0.3 is 0 Å². The first kappa shape index (κ1) is 16.4. The van der Waals surface area contributed by atoms with Crippen LogP contribution in [0.25, 0.3) is 10.9 Å². The van der Waals surface area contributed by atoms with Gasteiger partial charge in [-0.2, -0.15) is 0 Å². The van der Waals surface area contributed by atoms with E-state index in [2.05, 4.69) is 20.9 Å². The number of benzene rings is 1. The highest BCUT2D eigenvalue weighted by atomic mass is 19.1. The predicted octanol–water partition coefficient (Wildman–Crippen LogP) is 4.00. The van der Waals surface area contributed by atoms with Gasteiger partial charge < -0.3 is 4.74 Å². The van der Waals surface area contributed by atoms with Crippen molar-refractivity contribution in [2.45, 2.75) is 43.4 Å². The second kappa shape index (κ2) is 5.98. The Morgan fingerprint density at radius 1 is 1.18 bits per heavy atom. The lowest BCUT2D eigenvalue weighted by Crippen LogP contribution is -2.65. The summed E-state index contributed by atoms with van der Waals surface area (Å²) in [6, 6.07) is 13.0. The molecule has 4 atom stereocenters. The lowest BCUT2D eigenvalue weighted by Gasteiger charge is -2.58. The molecule has 2 saturated heterocycles. The fourth-order valence-corrected chi connectivity index (χ4v) is 5.68. The third kappa shape index (κ3) is 2.32. The molecule has 1 aliphatic carbocycles. The maximum Gasteiger partial charge on any atom is 0.214 e. The Morgan fingerprint density at radius 2 is 2.14 bits per heavy atom. The van der Waals surface area contributed by atoms with E-state index in [0.717, 1.165) is 23.9 Å². The number of halogens is 1. The maximum absolute atomic E-state index is 13.4. The van der Waals surface area contributed by atoms with Crippen LogP contribution in [0, 0.1) is 11.7 Å². The molecule has 3 aromatic rings. The van der Waals surface area contributed by atoms with Crippen molar-refractivity contribution in [1.82, 2.24) is 14.9 Å². The van der Waals surface area contributed by atoms with Gasteiger partial charge in [-0.15, -0.1) is 0 Å². The Morgan fingerprint density at radius 3 is 2.89 bits per heavy atom. The molecule has 4 nitrogen and oxygen atoms in total. The summed E-state index contributed by atoms with van der Waals surface area (Å²) >= 11 is 0. The van der Waals surface area contributed by atoms with Gasteiger partial charge in [0.25, 0.3) is 0 Å². The zero-order chi connectivity index (χ0) is 18.7. The van der Waals surface area contributed by atoms with Gasteiger partial charge in [-0.1, -0.05) is 6.07 Å². The van der Waals surface area contributed by atoms with Crippen molar-refractivity contribution in [2.75, 3.05) is 6.54 Å². The average Bonchev–Trinajstić information content (AvgIpc) is 2.76. The van der Waals surface area contributed by atoms with Crippen molar-refractivity contribution in [3.05, 3.63) is 66.2 Å². The molecular weight excluding hydrogens is 353 g/mol. The first-order valence-electron chi connectivity index (χ1n) is 10.1. The number of nitrogens with zero attached hydrogens (tertiary/aromatic N) is 3. The van der Waals surface area contributed by atoms with Crippen LogP contribution in [0.2, 0.25) is 0 Å². The van der Waals surface area contributed by atoms with Gasteiger partial charge in [0.1, 0.15) is 11.9 Å². The molecule has 1 aromatic carbocycles. The minimum atomic E-state index is -0.240. The Hall–Kier alpha value is -2.53. The Labute approximate surface area is 163 Å². The van der Waals surface area contributed by atoms with Crippen LogP contribution in [0.15, 0.2) is 54.9 Å². The molecule has 0 N–H and O–H groups in total. The molecule has 3 fully saturated rings. The Bertz CT molecular complexity index is 1040. The summed E-state index contributed by atoms with van der Waals surface area (Å²) in [6.07, 6.45) is 8.67. The monoisotopic (exact) mass is 375 g/mol. The van der Waals surface area contributed by atoms with E-state index in [0.29, 0.717) is 23.4 Å². The van der Waals surface area contributed by atoms with Crippen molar-refractivity contribution in [3.8, 4) is 5.88 Å². The van der Waals surface area contributed by atoms with Crippen molar-refractivity contribution >= 4 is 10.9 Å². The van der Waals surface area contributed by atoms with Gasteiger partial charge in [-0.3, -0.25) is 9.88 Å². The smallest absolute Gasteiger partial charge is 0.214 e. The highest BCUT2D eigenvalue weighted by Crippen LogP contribution is 2.60. The molecule has 1 spiro atoms. The van der Waals surface area contributed by atoms with Gasteiger partial charge in [-0.25, -0.2) is 9.37 Å². The van der Waals surface area contributed by atoms with Gasteiger partial charge in [0.15, 0.2) is 0 Å². The molecule has 6 rings (SSSR count). The van der Waals surface area contributed by atoms with Gasteiger partial charge in [-0.05, 0) is 61.6 Å². The molecule has 0 amide bonds. The summed E-state index contributed by atoms with van der Waals surface area (Å²) in [5.41, 5.74) is 2.39. The van der Waals surface area contributed by atoms with Crippen molar-refractivity contribution < 1.29 is 9.13 Å². The van der Waals surface area contributed by atoms with Crippen LogP contribution in [0.1, 0.15) is 24.8 Å². The molecule has 4 unspecified atom stereocenters. The summed E-state index contributed by atoms with van der Waals surface area (Å²) in [4.78, 5) is 11.6. The summed E-state index contributed by atoms with van der Waals surface area (Å²) < 4.78 is 20.0. The topological polar surface area (TPSA) is 38.3 Å². The number of rotatable bonds is 4. The van der Waals surface area contributed by atoms with E-state index in [1.165, 1.54) is 37.0 Å². The number of fused-ring (bicyclic) bond motifs is 1. The largest absolute Gasteiger partial charge is 0.472 e. The molecule has 0 bridgehead atoms. The van der Waals surface area contributed by atoms with E-state index in [1.807, 2.05) is 30.6 Å². The number of hydrogen-bond donors (Lipinski definition) is 0. The molecule has 2 aromatic heterocycles. The molecule has 1 saturated carbocycles. The summed E-state index contributed by atoms with van der Waals surface area (Å²) in [7, 11) is 0. The lowest BCUT2D eigenvalue weighted by atomic mass is 9.61. The summed E-state index contributed by atoms with van der Waals surface area (Å²) in [5, 5.41) is 0.801. The predicted molar refractivity (Wildman–Crippen MR) is 105 cm³/mol. The van der Waals surface area contributed by atoms with E-state index < -0.39 is 0 Å². The lowest BCUT2D eigenvalue weighted by molar-refractivity contribution is -0.0836. The zero-order valence-electron chi connectivity index (χ0n) is 15.6. The van der Waals surface area contributed by atoms with Crippen molar-refractivity contribution in [2.24, 2.45) is 5.92 Å². The highest BCUT2D eigenvalue weighted by molar-refractivity contribution is 5.79. The van der Waals surface area contributed by atoms with Gasteiger partial charge in [0.05, 0.1) is 11.6 Å². The van der Waals surface area contributed by atoms with E-state index >= 15 is 0 Å². The zero-order valence-corrected chi connectivity index (χ0v) is 15.6. The number of hydrogen-bond acceptors (Lipinski definition) is 4. The van der Waals surface area contributed by atoms with Gasteiger partial charge in [0, 0.05) is 41.8 Å². The quantitative estimate of drug-likeness (QED) is 0.691. The number of aromatic nitrogens is 2. The molecular formula is C23H22FN3O. The van der Waals surface area contributed by atoms with Crippen LogP contribution in [0.3, 0.4) is 0 Å². The normalized spacial score (nSPS) is 31.0. The third-order valence-electron chi connectivity index (χ3n) is 7.16. The first-order chi connectivity index (χ1) is 13.7. The number of pyridine rings is 2. The van der Waals surface area contributed by atoms with Gasteiger partial charge in [0.2, 0.25) is 5.88 Å². The maximum atomic E-state index is 13.4. The van der Waals surface area contributed by atoms with Crippen LogP contribution in [-0.2, 0) is 6.42 Å². The molecule has 2 aliphatic heterocycles. The molecule has 0 radical (unpaired) electrons. The van der Waals surface area contributed by atoms with E-state index in [4.69, 9.17) is 4.74 Å². The second-order valence-electron chi connectivity index (χ2n) is 8.39. The number of ether oxygens (including phenoxy) is 1. The molecule has 4 heterocycles. The summed E-state index contributed by atoms with van der Waals surface area (Å²) in [6.45, 7) is 1.16. The van der Waals surface area contributed by atoms with Crippen molar-refractivity contribution in [3.63, 3.8) is 0 Å². The van der Waals surface area contributed by atoms with Crippen LogP contribution in [-0.4, -0.2) is 39.1 Å². The SMILES string of the molecule is Fc1ccc2nc(OC3C(Cc4cccnc4)N4CCC45CCC35)ccc2c1. The minimum absolute atomic E-state index is 0.141. The Kier molecular flexibility index (Phi) is 3.51. The molecule has 3 aliphatic rings. The van der Waals surface area contributed by atoms with Crippen molar-refractivity contribution in [1.29, 1.82) is 0 Å². The molecule has 28 heavy (non-hydrogen) atoms. The van der Waals surface area contributed by atoms with Crippen LogP contribution >= 0.6 is 0 Å². The standard InChI is InChI=1S/C23H22FN3O/c24-17-4-5-19-16(13-17)3-6-21(26-19)28-22-18-7-8-23(18)9-11-27(23)20(22)12-15-2-1-10-25-14-15/h1-6,10,13-14,18,20,22H,7-9,11-12H2. The third-order valence-corrected chi connectivity index (χ3v) is 7.16. The van der Waals surface area contributed by atoms with Crippen LogP contribution in [0.4, 0.5) is 4.39 Å². The molecule has 142 valence electrons. The van der Waals surface area contributed by atoms with Crippen LogP contribution in [0.5, 0.6) is 5.88 Å². The fraction of sp³-hybridized carbons (Fsp3) is 0.391.